The molecule has 0 aliphatic rings. The lowest BCUT2D eigenvalue weighted by molar-refractivity contribution is -0.104. The molecule has 2 heteroatoms. The molecule has 0 atom stereocenters. The lowest BCUT2D eigenvalue weighted by Gasteiger charge is -1.87. The average molecular weight is 238 g/mol. The van der Waals surface area contributed by atoms with E-state index in [4.69, 9.17) is 0 Å². The maximum absolute atomic E-state index is 10.0. The first-order valence-corrected chi connectivity index (χ1v) is 4.20. The molecular formula is C7H11IO. The molecule has 0 aromatic carbocycles. The highest BCUT2D eigenvalue weighted by atomic mass is 127. The molecule has 0 bridgehead atoms. The average Bonchev–Trinajstić information content (AvgIpc) is 1.89. The Labute approximate surface area is 69.7 Å². The van der Waals surface area contributed by atoms with Crippen molar-refractivity contribution in [2.45, 2.75) is 26.2 Å². The first kappa shape index (κ1) is 9.14. The number of aldehydes is 1. The Morgan fingerprint density at radius 2 is 2.33 bits per heavy atom. The van der Waals surface area contributed by atoms with Gasteiger partial charge < -0.3 is 0 Å². The zero-order valence-electron chi connectivity index (χ0n) is 5.56. The van der Waals surface area contributed by atoms with Gasteiger partial charge in [-0.2, -0.15) is 0 Å². The van der Waals surface area contributed by atoms with E-state index >= 15 is 0 Å². The van der Waals surface area contributed by atoms with E-state index < -0.39 is 0 Å². The van der Waals surface area contributed by atoms with Crippen molar-refractivity contribution in [3.8, 4) is 0 Å². The molecule has 0 saturated carbocycles. The fourth-order valence-electron chi connectivity index (χ4n) is 0.492. The summed E-state index contributed by atoms with van der Waals surface area (Å²) in [5, 5.41) is 0. The van der Waals surface area contributed by atoms with Gasteiger partial charge in [-0.25, -0.2) is 0 Å². The normalized spacial score (nSPS) is 11.6. The quantitative estimate of drug-likeness (QED) is 0.318. The second-order valence-electron chi connectivity index (χ2n) is 1.85. The Hall–Kier alpha value is 0.140. The van der Waals surface area contributed by atoms with E-state index in [0.717, 1.165) is 16.3 Å². The number of allylic oxidation sites excluding steroid dienone is 2. The summed E-state index contributed by atoms with van der Waals surface area (Å²) >= 11 is 2.04. The summed E-state index contributed by atoms with van der Waals surface area (Å²) in [5.41, 5.74) is 0. The van der Waals surface area contributed by atoms with Crippen LogP contribution in [0.5, 0.6) is 0 Å². The van der Waals surface area contributed by atoms with Crippen LogP contribution < -0.4 is 0 Å². The minimum atomic E-state index is 0.820. The van der Waals surface area contributed by atoms with Crippen LogP contribution in [-0.4, -0.2) is 6.29 Å². The molecule has 0 rings (SSSR count). The van der Waals surface area contributed by atoms with Crippen LogP contribution >= 0.6 is 22.6 Å². The Morgan fingerprint density at radius 1 is 1.67 bits per heavy atom. The Bertz CT molecular complexity index is 107. The molecule has 0 aromatic rings. The van der Waals surface area contributed by atoms with Gasteiger partial charge in [0.1, 0.15) is 0 Å². The molecule has 0 aromatic heterocycles. The summed E-state index contributed by atoms with van der Waals surface area (Å²) in [6.07, 6.45) is 6.26. The largest absolute Gasteiger partial charge is 0.297 e. The molecule has 0 fully saturated rings. The van der Waals surface area contributed by atoms with Gasteiger partial charge in [-0.15, -0.1) is 0 Å². The third-order valence-electron chi connectivity index (χ3n) is 1.01. The second-order valence-corrected chi connectivity index (χ2v) is 3.09. The van der Waals surface area contributed by atoms with Gasteiger partial charge in [0.2, 0.25) is 0 Å². The van der Waals surface area contributed by atoms with Crippen LogP contribution in [-0.2, 0) is 4.79 Å². The molecule has 0 spiro atoms. The SMILES string of the molecule is CCCCC=C(I)C=O. The molecule has 0 unspecified atom stereocenters. The van der Waals surface area contributed by atoms with Crippen LogP contribution in [0.1, 0.15) is 26.2 Å². The van der Waals surface area contributed by atoms with Crippen LogP contribution in [0.25, 0.3) is 0 Å². The maximum Gasteiger partial charge on any atom is 0.155 e. The van der Waals surface area contributed by atoms with Gasteiger partial charge in [-0.05, 0) is 29.0 Å². The summed E-state index contributed by atoms with van der Waals surface area (Å²) in [6, 6.07) is 0. The number of halogens is 1. The van der Waals surface area contributed by atoms with Gasteiger partial charge in [-0.3, -0.25) is 4.79 Å². The molecule has 0 N–H and O–H groups in total. The van der Waals surface area contributed by atoms with Crippen molar-refractivity contribution in [1.82, 2.24) is 0 Å². The van der Waals surface area contributed by atoms with Crippen LogP contribution in [0.15, 0.2) is 9.66 Å². The van der Waals surface area contributed by atoms with Crippen molar-refractivity contribution < 1.29 is 4.79 Å². The molecule has 9 heavy (non-hydrogen) atoms. The predicted molar refractivity (Wildman–Crippen MR) is 47.7 cm³/mol. The standard InChI is InChI=1S/C7H11IO/c1-2-3-4-5-7(8)6-9/h5-6H,2-4H2,1H3. The molecule has 0 amide bonds. The van der Waals surface area contributed by atoms with E-state index in [1.54, 1.807) is 0 Å². The summed E-state index contributed by atoms with van der Waals surface area (Å²) in [6.45, 7) is 2.14. The van der Waals surface area contributed by atoms with E-state index in [1.165, 1.54) is 12.8 Å². The monoisotopic (exact) mass is 238 g/mol. The number of unbranched alkanes of at least 4 members (excludes halogenated alkanes) is 2. The first-order chi connectivity index (χ1) is 4.31. The van der Waals surface area contributed by atoms with Crippen molar-refractivity contribution in [3.05, 3.63) is 9.66 Å². The van der Waals surface area contributed by atoms with Crippen molar-refractivity contribution in [3.63, 3.8) is 0 Å². The fourth-order valence-corrected chi connectivity index (χ4v) is 0.804. The number of carbonyl (C=O) groups is 1. The number of hydrogen-bond acceptors (Lipinski definition) is 1. The molecule has 1 nitrogen and oxygen atoms in total. The molecule has 0 aliphatic heterocycles. The van der Waals surface area contributed by atoms with E-state index in [0.29, 0.717) is 0 Å². The minimum absolute atomic E-state index is 0.820. The van der Waals surface area contributed by atoms with Crippen molar-refractivity contribution in [2.24, 2.45) is 0 Å². The summed E-state index contributed by atoms with van der Waals surface area (Å²) in [5.74, 6) is 0. The Kier molecular flexibility index (Phi) is 6.36. The van der Waals surface area contributed by atoms with Gasteiger partial charge in [0.05, 0.1) is 0 Å². The molecule has 0 radical (unpaired) electrons. The van der Waals surface area contributed by atoms with Crippen molar-refractivity contribution in [2.75, 3.05) is 0 Å². The third kappa shape index (κ3) is 6.02. The summed E-state index contributed by atoms with van der Waals surface area (Å²) in [4.78, 5) is 10.0. The number of carbonyl (C=O) groups excluding carboxylic acids is 1. The highest BCUT2D eigenvalue weighted by molar-refractivity contribution is 14.1. The highest BCUT2D eigenvalue weighted by Crippen LogP contribution is 2.05. The van der Waals surface area contributed by atoms with Gasteiger partial charge in [-0.1, -0.05) is 25.8 Å². The van der Waals surface area contributed by atoms with Gasteiger partial charge in [0, 0.05) is 3.58 Å². The predicted octanol–water partition coefficient (Wildman–Crippen LogP) is 2.69. The fraction of sp³-hybridized carbons (Fsp3) is 0.571. The number of hydrogen-bond donors (Lipinski definition) is 0. The van der Waals surface area contributed by atoms with Crippen LogP contribution in [0.2, 0.25) is 0 Å². The number of rotatable bonds is 4. The Balaban J connectivity index is 3.31. The molecular weight excluding hydrogens is 227 g/mol. The van der Waals surface area contributed by atoms with Crippen LogP contribution in [0.4, 0.5) is 0 Å². The van der Waals surface area contributed by atoms with E-state index in [1.807, 2.05) is 28.7 Å². The summed E-state index contributed by atoms with van der Waals surface area (Å²) < 4.78 is 0.820. The van der Waals surface area contributed by atoms with E-state index in [9.17, 15) is 4.79 Å². The van der Waals surface area contributed by atoms with Crippen LogP contribution in [0, 0.1) is 0 Å². The highest BCUT2D eigenvalue weighted by Gasteiger charge is 1.84. The first-order valence-electron chi connectivity index (χ1n) is 3.12. The van der Waals surface area contributed by atoms with E-state index in [2.05, 4.69) is 6.92 Å². The topological polar surface area (TPSA) is 17.1 Å². The third-order valence-corrected chi connectivity index (χ3v) is 1.70. The lowest BCUT2D eigenvalue weighted by Crippen LogP contribution is -1.72. The van der Waals surface area contributed by atoms with Gasteiger partial charge in [0.15, 0.2) is 6.29 Å². The molecule has 0 heterocycles. The molecule has 52 valence electrons. The summed E-state index contributed by atoms with van der Waals surface area (Å²) in [7, 11) is 0. The zero-order valence-corrected chi connectivity index (χ0v) is 7.72. The lowest BCUT2D eigenvalue weighted by atomic mass is 10.2. The van der Waals surface area contributed by atoms with Gasteiger partial charge in [0.25, 0.3) is 0 Å². The van der Waals surface area contributed by atoms with Crippen molar-refractivity contribution in [1.29, 1.82) is 0 Å². The smallest absolute Gasteiger partial charge is 0.155 e. The van der Waals surface area contributed by atoms with Gasteiger partial charge >= 0.3 is 0 Å². The maximum atomic E-state index is 10.0. The second kappa shape index (κ2) is 6.26. The Morgan fingerprint density at radius 3 is 2.78 bits per heavy atom. The zero-order chi connectivity index (χ0) is 7.11. The minimum Gasteiger partial charge on any atom is -0.297 e. The van der Waals surface area contributed by atoms with Crippen molar-refractivity contribution >= 4 is 28.9 Å². The van der Waals surface area contributed by atoms with Crippen LogP contribution in [0.3, 0.4) is 0 Å². The molecule has 0 saturated heterocycles. The van der Waals surface area contributed by atoms with E-state index in [-0.39, 0.29) is 0 Å². The molecule has 0 aliphatic carbocycles.